The van der Waals surface area contributed by atoms with Crippen LogP contribution in [0.15, 0.2) is 18.3 Å². The molecule has 1 aromatic heterocycles. The van der Waals surface area contributed by atoms with E-state index in [0.717, 1.165) is 31.5 Å². The second-order valence-corrected chi connectivity index (χ2v) is 3.97. The number of amides is 1. The summed E-state index contributed by atoms with van der Waals surface area (Å²) in [4.78, 5) is 15.8. The number of carbonyl (C=O) groups excluding carboxylic acids is 1. The van der Waals surface area contributed by atoms with Gasteiger partial charge >= 0.3 is 0 Å². The molecule has 94 valence electrons. The summed E-state index contributed by atoms with van der Waals surface area (Å²) >= 11 is 0. The molecule has 4 nitrogen and oxygen atoms in total. The molecule has 0 bridgehead atoms. The van der Waals surface area contributed by atoms with Crippen molar-refractivity contribution in [3.05, 3.63) is 24.0 Å². The number of nitrogens with one attached hydrogen (secondary N) is 2. The van der Waals surface area contributed by atoms with Gasteiger partial charge < -0.3 is 10.6 Å². The highest BCUT2D eigenvalue weighted by Gasteiger charge is 2.05. The van der Waals surface area contributed by atoms with E-state index < -0.39 is 0 Å². The zero-order chi connectivity index (χ0) is 12.5. The monoisotopic (exact) mass is 235 g/mol. The highest BCUT2D eigenvalue weighted by atomic mass is 16.1. The summed E-state index contributed by atoms with van der Waals surface area (Å²) < 4.78 is 0. The summed E-state index contributed by atoms with van der Waals surface area (Å²) in [5.74, 6) is -0.0968. The van der Waals surface area contributed by atoms with Gasteiger partial charge in [0.25, 0.3) is 5.91 Å². The molecule has 1 heterocycles. The van der Waals surface area contributed by atoms with Crippen molar-refractivity contribution in [2.24, 2.45) is 0 Å². The van der Waals surface area contributed by atoms with Gasteiger partial charge in [0.1, 0.15) is 5.69 Å². The van der Waals surface area contributed by atoms with Crippen LogP contribution < -0.4 is 10.6 Å². The second kappa shape index (κ2) is 7.65. The molecule has 0 radical (unpaired) electrons. The van der Waals surface area contributed by atoms with Crippen LogP contribution >= 0.6 is 0 Å². The fourth-order valence-electron chi connectivity index (χ4n) is 1.37. The summed E-state index contributed by atoms with van der Waals surface area (Å²) in [6.45, 7) is 5.84. The number of unbranched alkanes of at least 4 members (excludes halogenated alkanes) is 1. The van der Waals surface area contributed by atoms with Crippen LogP contribution in [-0.2, 0) is 0 Å². The molecule has 0 saturated heterocycles. The number of hydrogen-bond donors (Lipinski definition) is 2. The summed E-state index contributed by atoms with van der Waals surface area (Å²) in [6.07, 6.45) is 4.85. The molecule has 1 rings (SSSR count). The Morgan fingerprint density at radius 3 is 2.65 bits per heavy atom. The Labute approximate surface area is 103 Å². The van der Waals surface area contributed by atoms with Crippen molar-refractivity contribution in [1.82, 2.24) is 10.3 Å². The van der Waals surface area contributed by atoms with Crippen molar-refractivity contribution in [2.75, 3.05) is 18.4 Å². The smallest absolute Gasteiger partial charge is 0.269 e. The average Bonchev–Trinajstić information content (AvgIpc) is 2.37. The van der Waals surface area contributed by atoms with E-state index in [1.807, 2.05) is 6.07 Å². The minimum absolute atomic E-state index is 0.0968. The molecule has 0 aliphatic heterocycles. The highest BCUT2D eigenvalue weighted by molar-refractivity contribution is 5.92. The lowest BCUT2D eigenvalue weighted by Crippen LogP contribution is -2.25. The van der Waals surface area contributed by atoms with Gasteiger partial charge in [-0.15, -0.1) is 0 Å². The van der Waals surface area contributed by atoms with Crippen LogP contribution in [0.4, 0.5) is 5.69 Å². The van der Waals surface area contributed by atoms with Crippen molar-refractivity contribution >= 4 is 11.6 Å². The molecule has 0 fully saturated rings. The third-order valence-electron chi connectivity index (χ3n) is 2.39. The normalized spacial score (nSPS) is 10.0. The molecular weight excluding hydrogens is 214 g/mol. The molecule has 4 heteroatoms. The Bertz CT molecular complexity index is 335. The lowest BCUT2D eigenvalue weighted by atomic mass is 10.3. The van der Waals surface area contributed by atoms with E-state index in [0.29, 0.717) is 12.2 Å². The fourth-order valence-corrected chi connectivity index (χ4v) is 1.37. The van der Waals surface area contributed by atoms with E-state index in [-0.39, 0.29) is 5.91 Å². The Kier molecular flexibility index (Phi) is 6.07. The number of carbonyl (C=O) groups is 1. The number of pyridine rings is 1. The molecule has 0 saturated carbocycles. The van der Waals surface area contributed by atoms with Gasteiger partial charge in [0.15, 0.2) is 0 Å². The molecule has 0 spiro atoms. The quantitative estimate of drug-likeness (QED) is 0.714. The van der Waals surface area contributed by atoms with Gasteiger partial charge in [-0.25, -0.2) is 4.98 Å². The zero-order valence-electron chi connectivity index (χ0n) is 10.6. The lowest BCUT2D eigenvalue weighted by Gasteiger charge is -2.06. The van der Waals surface area contributed by atoms with Crippen molar-refractivity contribution in [1.29, 1.82) is 0 Å². The maximum Gasteiger partial charge on any atom is 0.269 e. The van der Waals surface area contributed by atoms with Crippen LogP contribution in [0.5, 0.6) is 0 Å². The molecular formula is C13H21N3O. The summed E-state index contributed by atoms with van der Waals surface area (Å²) in [5, 5.41) is 6.06. The molecule has 0 unspecified atom stereocenters. The van der Waals surface area contributed by atoms with Crippen LogP contribution in [0.1, 0.15) is 43.6 Å². The summed E-state index contributed by atoms with van der Waals surface area (Å²) in [5.41, 5.74) is 1.43. The van der Waals surface area contributed by atoms with Crippen LogP contribution in [0.2, 0.25) is 0 Å². The molecule has 1 amide bonds. The van der Waals surface area contributed by atoms with Gasteiger partial charge in [-0.1, -0.05) is 20.3 Å². The number of rotatable bonds is 7. The molecule has 1 aromatic rings. The van der Waals surface area contributed by atoms with Gasteiger partial charge in [0.2, 0.25) is 0 Å². The standard InChI is InChI=1S/C13H21N3O/c1-3-5-9-15-13(17)12-7-6-11(10-16-12)14-8-4-2/h6-7,10,14H,3-5,8-9H2,1-2H3,(H,15,17). The Morgan fingerprint density at radius 1 is 1.24 bits per heavy atom. The predicted molar refractivity (Wildman–Crippen MR) is 70.3 cm³/mol. The van der Waals surface area contributed by atoms with E-state index in [4.69, 9.17) is 0 Å². The van der Waals surface area contributed by atoms with Crippen molar-refractivity contribution in [2.45, 2.75) is 33.1 Å². The largest absolute Gasteiger partial charge is 0.384 e. The summed E-state index contributed by atoms with van der Waals surface area (Å²) in [7, 11) is 0. The Hall–Kier alpha value is -1.58. The predicted octanol–water partition coefficient (Wildman–Crippen LogP) is 2.43. The SMILES string of the molecule is CCCCNC(=O)c1ccc(NCCC)cn1. The average molecular weight is 235 g/mol. The number of hydrogen-bond acceptors (Lipinski definition) is 3. The maximum absolute atomic E-state index is 11.7. The van der Waals surface area contributed by atoms with Crippen LogP contribution in [-0.4, -0.2) is 24.0 Å². The molecule has 2 N–H and O–H groups in total. The van der Waals surface area contributed by atoms with Gasteiger partial charge in [0, 0.05) is 13.1 Å². The maximum atomic E-state index is 11.7. The highest BCUT2D eigenvalue weighted by Crippen LogP contribution is 2.06. The van der Waals surface area contributed by atoms with Crippen LogP contribution in [0.25, 0.3) is 0 Å². The van der Waals surface area contributed by atoms with Crippen LogP contribution in [0.3, 0.4) is 0 Å². The third-order valence-corrected chi connectivity index (χ3v) is 2.39. The molecule has 0 atom stereocenters. The van der Waals surface area contributed by atoms with Crippen LogP contribution in [0, 0.1) is 0 Å². The number of anilines is 1. The van der Waals surface area contributed by atoms with E-state index >= 15 is 0 Å². The van der Waals surface area contributed by atoms with E-state index in [2.05, 4.69) is 29.5 Å². The third kappa shape index (κ3) is 4.85. The molecule has 0 aromatic carbocycles. The minimum Gasteiger partial charge on any atom is -0.384 e. The fraction of sp³-hybridized carbons (Fsp3) is 0.538. The van der Waals surface area contributed by atoms with Gasteiger partial charge in [-0.05, 0) is 25.0 Å². The van der Waals surface area contributed by atoms with Crippen molar-refractivity contribution < 1.29 is 4.79 Å². The molecule has 0 aliphatic carbocycles. The van der Waals surface area contributed by atoms with E-state index in [9.17, 15) is 4.79 Å². The van der Waals surface area contributed by atoms with E-state index in [1.165, 1.54) is 0 Å². The first kappa shape index (κ1) is 13.5. The second-order valence-electron chi connectivity index (χ2n) is 3.97. The Morgan fingerprint density at radius 2 is 2.06 bits per heavy atom. The zero-order valence-corrected chi connectivity index (χ0v) is 10.6. The minimum atomic E-state index is -0.0968. The first-order valence-electron chi connectivity index (χ1n) is 6.26. The molecule has 17 heavy (non-hydrogen) atoms. The lowest BCUT2D eigenvalue weighted by molar-refractivity contribution is 0.0948. The van der Waals surface area contributed by atoms with E-state index in [1.54, 1.807) is 12.3 Å². The van der Waals surface area contributed by atoms with Gasteiger partial charge in [-0.3, -0.25) is 4.79 Å². The molecule has 0 aliphatic rings. The Balaban J connectivity index is 2.46. The van der Waals surface area contributed by atoms with Crippen molar-refractivity contribution in [3.63, 3.8) is 0 Å². The topological polar surface area (TPSA) is 54.0 Å². The number of aromatic nitrogens is 1. The first-order chi connectivity index (χ1) is 8.27. The van der Waals surface area contributed by atoms with Gasteiger partial charge in [0.05, 0.1) is 11.9 Å². The van der Waals surface area contributed by atoms with Gasteiger partial charge in [-0.2, -0.15) is 0 Å². The summed E-state index contributed by atoms with van der Waals surface area (Å²) in [6, 6.07) is 3.64. The van der Waals surface area contributed by atoms with Crippen molar-refractivity contribution in [3.8, 4) is 0 Å². The first-order valence-corrected chi connectivity index (χ1v) is 6.26. The number of nitrogens with zero attached hydrogens (tertiary/aromatic N) is 1.